The lowest BCUT2D eigenvalue weighted by atomic mass is 10.0. The molecule has 1 aliphatic rings. The van der Waals surface area contributed by atoms with Crippen molar-refractivity contribution in [2.75, 3.05) is 6.61 Å². The Kier molecular flexibility index (Phi) is 1.64. The van der Waals surface area contributed by atoms with Crippen LogP contribution >= 0.6 is 0 Å². The quantitative estimate of drug-likeness (QED) is 0.603. The monoisotopic (exact) mass is 150 g/mol. The number of hydrogen-bond acceptors (Lipinski definition) is 2. The van der Waals surface area contributed by atoms with Gasteiger partial charge in [-0.25, -0.2) is 0 Å². The minimum atomic E-state index is -0.708. The summed E-state index contributed by atoms with van der Waals surface area (Å²) in [6.45, 7) is 0.623. The molecule has 1 atom stereocenters. The number of aliphatic hydroxyl groups excluding tert-OH is 1. The molecule has 0 spiro atoms. The molecule has 0 bridgehead atoms. The average molecular weight is 150 g/mol. The summed E-state index contributed by atoms with van der Waals surface area (Å²) in [6.07, 6.45) is 0.202. The maximum absolute atomic E-state index is 9.34. The van der Waals surface area contributed by atoms with Crippen LogP contribution in [0.15, 0.2) is 24.3 Å². The Balaban J connectivity index is 2.44. The molecule has 1 aromatic carbocycles. The predicted molar refractivity (Wildman–Crippen MR) is 41.1 cm³/mol. The highest BCUT2D eigenvalue weighted by Crippen LogP contribution is 2.23. The lowest BCUT2D eigenvalue weighted by Gasteiger charge is -2.21. The van der Waals surface area contributed by atoms with Gasteiger partial charge >= 0.3 is 0 Å². The van der Waals surface area contributed by atoms with Gasteiger partial charge in [0.15, 0.2) is 6.29 Å². The van der Waals surface area contributed by atoms with Gasteiger partial charge in [-0.05, 0) is 12.0 Å². The van der Waals surface area contributed by atoms with E-state index in [9.17, 15) is 5.11 Å². The molecule has 2 nitrogen and oxygen atoms in total. The van der Waals surface area contributed by atoms with Crippen LogP contribution in [0, 0.1) is 0 Å². The molecule has 0 aromatic heterocycles. The lowest BCUT2D eigenvalue weighted by molar-refractivity contribution is -0.110. The SMILES string of the molecule is OC1OCCc2ccccc21. The normalized spacial score (nSPS) is 22.8. The first-order valence-electron chi connectivity index (χ1n) is 3.75. The number of fused-ring (bicyclic) bond motifs is 1. The van der Waals surface area contributed by atoms with Gasteiger partial charge in [-0.2, -0.15) is 0 Å². The van der Waals surface area contributed by atoms with Crippen LogP contribution < -0.4 is 0 Å². The van der Waals surface area contributed by atoms with Crippen molar-refractivity contribution >= 4 is 0 Å². The van der Waals surface area contributed by atoms with Crippen molar-refractivity contribution in [2.45, 2.75) is 12.7 Å². The van der Waals surface area contributed by atoms with Crippen LogP contribution in [0.2, 0.25) is 0 Å². The van der Waals surface area contributed by atoms with E-state index in [4.69, 9.17) is 4.74 Å². The third-order valence-electron chi connectivity index (χ3n) is 1.97. The minimum absolute atomic E-state index is 0.623. The number of rotatable bonds is 0. The van der Waals surface area contributed by atoms with Gasteiger partial charge in [-0.15, -0.1) is 0 Å². The molecule has 1 heterocycles. The summed E-state index contributed by atoms with van der Waals surface area (Å²) in [5.41, 5.74) is 2.12. The first kappa shape index (κ1) is 6.83. The molecule has 0 amide bonds. The van der Waals surface area contributed by atoms with Crippen LogP contribution in [0.25, 0.3) is 0 Å². The number of ether oxygens (including phenoxy) is 1. The van der Waals surface area contributed by atoms with Gasteiger partial charge < -0.3 is 9.84 Å². The molecule has 1 aromatic rings. The Morgan fingerprint density at radius 3 is 3.00 bits per heavy atom. The van der Waals surface area contributed by atoms with Gasteiger partial charge in [-0.1, -0.05) is 24.3 Å². The molecule has 2 heteroatoms. The Morgan fingerprint density at radius 2 is 2.18 bits per heavy atom. The van der Waals surface area contributed by atoms with E-state index in [0.717, 1.165) is 12.0 Å². The van der Waals surface area contributed by atoms with Crippen molar-refractivity contribution in [1.82, 2.24) is 0 Å². The second-order valence-corrected chi connectivity index (χ2v) is 2.67. The largest absolute Gasteiger partial charge is 0.364 e. The molecular weight excluding hydrogens is 140 g/mol. The summed E-state index contributed by atoms with van der Waals surface area (Å²) in [4.78, 5) is 0. The molecule has 1 aliphatic heterocycles. The van der Waals surface area contributed by atoms with Crippen molar-refractivity contribution in [2.24, 2.45) is 0 Å². The first-order valence-corrected chi connectivity index (χ1v) is 3.75. The molecule has 58 valence electrons. The Hall–Kier alpha value is -0.860. The predicted octanol–water partition coefficient (Wildman–Crippen LogP) is 1.25. The highest BCUT2D eigenvalue weighted by atomic mass is 16.6. The summed E-state index contributed by atoms with van der Waals surface area (Å²) >= 11 is 0. The first-order chi connectivity index (χ1) is 5.38. The van der Waals surface area contributed by atoms with Crippen molar-refractivity contribution in [3.63, 3.8) is 0 Å². The number of aliphatic hydroxyl groups is 1. The highest BCUT2D eigenvalue weighted by Gasteiger charge is 2.16. The summed E-state index contributed by atoms with van der Waals surface area (Å²) in [5, 5.41) is 9.34. The van der Waals surface area contributed by atoms with E-state index in [1.807, 2.05) is 24.3 Å². The van der Waals surface area contributed by atoms with Crippen LogP contribution in [-0.2, 0) is 11.2 Å². The Morgan fingerprint density at radius 1 is 1.36 bits per heavy atom. The molecule has 0 fully saturated rings. The molecular formula is C9H10O2. The van der Waals surface area contributed by atoms with E-state index in [2.05, 4.69) is 0 Å². The molecule has 2 rings (SSSR count). The number of benzene rings is 1. The van der Waals surface area contributed by atoms with Crippen LogP contribution in [0.3, 0.4) is 0 Å². The smallest absolute Gasteiger partial charge is 0.181 e. The van der Waals surface area contributed by atoms with E-state index in [1.165, 1.54) is 5.56 Å². The maximum atomic E-state index is 9.34. The maximum Gasteiger partial charge on any atom is 0.181 e. The van der Waals surface area contributed by atoms with E-state index in [1.54, 1.807) is 0 Å². The van der Waals surface area contributed by atoms with Gasteiger partial charge in [0.05, 0.1) is 6.61 Å². The fraction of sp³-hybridized carbons (Fsp3) is 0.333. The summed E-state index contributed by atoms with van der Waals surface area (Å²) < 4.78 is 5.06. The average Bonchev–Trinajstić information content (AvgIpc) is 2.06. The molecule has 1 N–H and O–H groups in total. The summed E-state index contributed by atoms with van der Waals surface area (Å²) in [6, 6.07) is 7.83. The van der Waals surface area contributed by atoms with Crippen LogP contribution in [0.1, 0.15) is 17.4 Å². The topological polar surface area (TPSA) is 29.5 Å². The number of hydrogen-bond donors (Lipinski definition) is 1. The molecule has 1 unspecified atom stereocenters. The van der Waals surface area contributed by atoms with Gasteiger partial charge in [0.1, 0.15) is 0 Å². The fourth-order valence-electron chi connectivity index (χ4n) is 1.37. The van der Waals surface area contributed by atoms with E-state index in [0.29, 0.717) is 6.61 Å². The third kappa shape index (κ3) is 1.15. The molecule has 0 saturated heterocycles. The van der Waals surface area contributed by atoms with E-state index >= 15 is 0 Å². The third-order valence-corrected chi connectivity index (χ3v) is 1.97. The molecule has 0 radical (unpaired) electrons. The van der Waals surface area contributed by atoms with Crippen molar-refractivity contribution < 1.29 is 9.84 Å². The van der Waals surface area contributed by atoms with Gasteiger partial charge in [0, 0.05) is 5.56 Å². The molecule has 0 saturated carbocycles. The Labute approximate surface area is 65.4 Å². The second kappa shape index (κ2) is 2.64. The van der Waals surface area contributed by atoms with Gasteiger partial charge in [0.25, 0.3) is 0 Å². The molecule has 0 aliphatic carbocycles. The summed E-state index contributed by atoms with van der Waals surface area (Å²) in [5.74, 6) is 0. The van der Waals surface area contributed by atoms with Crippen LogP contribution in [-0.4, -0.2) is 11.7 Å². The standard InChI is InChI=1S/C9H10O2/c10-9-8-4-2-1-3-7(8)5-6-11-9/h1-4,9-10H,5-6H2. The molecule has 11 heavy (non-hydrogen) atoms. The van der Waals surface area contributed by atoms with Crippen LogP contribution in [0.4, 0.5) is 0 Å². The second-order valence-electron chi connectivity index (χ2n) is 2.67. The Bertz CT molecular complexity index is 257. The zero-order valence-corrected chi connectivity index (χ0v) is 6.16. The zero-order chi connectivity index (χ0) is 7.68. The van der Waals surface area contributed by atoms with Crippen LogP contribution in [0.5, 0.6) is 0 Å². The van der Waals surface area contributed by atoms with Gasteiger partial charge in [-0.3, -0.25) is 0 Å². The lowest BCUT2D eigenvalue weighted by Crippen LogP contribution is -2.15. The van der Waals surface area contributed by atoms with Gasteiger partial charge in [0.2, 0.25) is 0 Å². The van der Waals surface area contributed by atoms with Crippen molar-refractivity contribution in [1.29, 1.82) is 0 Å². The van der Waals surface area contributed by atoms with E-state index < -0.39 is 6.29 Å². The zero-order valence-electron chi connectivity index (χ0n) is 6.16. The summed E-state index contributed by atoms with van der Waals surface area (Å²) in [7, 11) is 0. The minimum Gasteiger partial charge on any atom is -0.364 e. The van der Waals surface area contributed by atoms with Crippen molar-refractivity contribution in [3.05, 3.63) is 35.4 Å². The van der Waals surface area contributed by atoms with E-state index in [-0.39, 0.29) is 0 Å². The fourth-order valence-corrected chi connectivity index (χ4v) is 1.37. The highest BCUT2D eigenvalue weighted by molar-refractivity contribution is 5.29. The van der Waals surface area contributed by atoms with Crippen molar-refractivity contribution in [3.8, 4) is 0 Å².